The van der Waals surface area contributed by atoms with Crippen LogP contribution in [0.3, 0.4) is 0 Å². The second-order valence-corrected chi connectivity index (χ2v) is 9.17. The number of sulfonamides is 1. The van der Waals surface area contributed by atoms with Crippen molar-refractivity contribution in [2.75, 3.05) is 22.4 Å². The van der Waals surface area contributed by atoms with Gasteiger partial charge in [0.05, 0.1) is 11.9 Å². The molecule has 0 atom stereocenters. The summed E-state index contributed by atoms with van der Waals surface area (Å²) in [7, 11) is -3.61. The number of nitrogens with zero attached hydrogens (tertiary/aromatic N) is 1. The summed E-state index contributed by atoms with van der Waals surface area (Å²) in [5.41, 5.74) is 4.22. The first-order valence-corrected chi connectivity index (χ1v) is 11.5. The molecule has 0 fully saturated rings. The van der Waals surface area contributed by atoms with Crippen molar-refractivity contribution in [3.63, 3.8) is 0 Å². The van der Waals surface area contributed by atoms with Gasteiger partial charge in [0.2, 0.25) is 15.9 Å². The number of benzene rings is 2. The van der Waals surface area contributed by atoms with Crippen LogP contribution in [0.25, 0.3) is 0 Å². The van der Waals surface area contributed by atoms with Crippen molar-refractivity contribution in [3.8, 4) is 0 Å². The van der Waals surface area contributed by atoms with Gasteiger partial charge in [0.15, 0.2) is 0 Å². The van der Waals surface area contributed by atoms with Crippen molar-refractivity contribution in [2.24, 2.45) is 0 Å². The smallest absolute Gasteiger partial charge is 0.245 e. The second-order valence-electron chi connectivity index (χ2n) is 6.41. The Labute approximate surface area is 170 Å². The average molecular weight is 453 g/mol. The van der Waals surface area contributed by atoms with E-state index in [1.54, 1.807) is 18.2 Å². The molecule has 0 aromatic heterocycles. The molecule has 0 aliphatic rings. The van der Waals surface area contributed by atoms with E-state index in [1.807, 2.05) is 39.0 Å². The zero-order chi connectivity index (χ0) is 20.2. The molecule has 0 heterocycles. The van der Waals surface area contributed by atoms with Crippen LogP contribution in [0.1, 0.15) is 30.5 Å². The molecule has 0 aliphatic carbocycles. The lowest BCUT2D eigenvalue weighted by Crippen LogP contribution is -2.37. The molecule has 1 amide bonds. The van der Waals surface area contributed by atoms with Gasteiger partial charge in [0, 0.05) is 10.2 Å². The van der Waals surface area contributed by atoms with Gasteiger partial charge >= 0.3 is 0 Å². The number of halogens is 1. The monoisotopic (exact) mass is 452 g/mol. The molecule has 0 saturated heterocycles. The molecule has 2 rings (SSSR count). The van der Waals surface area contributed by atoms with E-state index in [0.717, 1.165) is 50.3 Å². The molecule has 27 heavy (non-hydrogen) atoms. The van der Waals surface area contributed by atoms with E-state index in [-0.39, 0.29) is 12.5 Å². The van der Waals surface area contributed by atoms with Gasteiger partial charge in [-0.15, -0.1) is 0 Å². The molecule has 2 aromatic rings. The fourth-order valence-corrected chi connectivity index (χ4v) is 3.99. The van der Waals surface area contributed by atoms with Crippen LogP contribution in [0.2, 0.25) is 0 Å². The van der Waals surface area contributed by atoms with Crippen molar-refractivity contribution in [2.45, 2.75) is 33.6 Å². The molecule has 2 aromatic carbocycles. The second kappa shape index (κ2) is 8.89. The predicted molar refractivity (Wildman–Crippen MR) is 115 cm³/mol. The van der Waals surface area contributed by atoms with Gasteiger partial charge in [-0.25, -0.2) is 8.42 Å². The minimum atomic E-state index is -3.61. The number of aryl methyl sites for hydroxylation is 3. The van der Waals surface area contributed by atoms with E-state index in [2.05, 4.69) is 21.2 Å². The summed E-state index contributed by atoms with van der Waals surface area (Å²) in [6.45, 7) is 5.65. The zero-order valence-electron chi connectivity index (χ0n) is 16.0. The maximum absolute atomic E-state index is 12.7. The zero-order valence-corrected chi connectivity index (χ0v) is 18.4. The highest BCUT2D eigenvalue weighted by molar-refractivity contribution is 9.10. The third-order valence-electron chi connectivity index (χ3n) is 4.38. The predicted octanol–water partition coefficient (Wildman–Crippen LogP) is 4.29. The Kier molecular flexibility index (Phi) is 7.06. The van der Waals surface area contributed by atoms with Crippen molar-refractivity contribution >= 4 is 43.2 Å². The molecule has 0 unspecified atom stereocenters. The highest BCUT2D eigenvalue weighted by Gasteiger charge is 2.22. The Morgan fingerprint density at radius 2 is 1.70 bits per heavy atom. The van der Waals surface area contributed by atoms with E-state index >= 15 is 0 Å². The summed E-state index contributed by atoms with van der Waals surface area (Å²) in [5, 5.41) is 2.93. The SMILES string of the molecule is CCc1cccc(CC)c1NC(=O)CN(c1ccc(Br)c(C)c1)S(C)(=O)=O. The fourth-order valence-electron chi connectivity index (χ4n) is 2.90. The van der Waals surface area contributed by atoms with E-state index in [0.29, 0.717) is 5.69 Å². The Morgan fingerprint density at radius 1 is 1.11 bits per heavy atom. The van der Waals surface area contributed by atoms with Gasteiger partial charge < -0.3 is 5.32 Å². The lowest BCUT2D eigenvalue weighted by molar-refractivity contribution is -0.114. The van der Waals surface area contributed by atoms with Crippen molar-refractivity contribution in [1.29, 1.82) is 0 Å². The number of hydrogen-bond acceptors (Lipinski definition) is 3. The van der Waals surface area contributed by atoms with Crippen LogP contribution in [0.5, 0.6) is 0 Å². The third kappa shape index (κ3) is 5.32. The Balaban J connectivity index is 2.32. The van der Waals surface area contributed by atoms with Gasteiger partial charge in [-0.05, 0) is 54.7 Å². The molecule has 5 nitrogen and oxygen atoms in total. The molecule has 0 saturated carbocycles. The number of para-hydroxylation sites is 1. The Morgan fingerprint density at radius 3 is 2.19 bits per heavy atom. The number of rotatable bonds is 7. The first-order valence-electron chi connectivity index (χ1n) is 8.81. The highest BCUT2D eigenvalue weighted by atomic mass is 79.9. The number of nitrogens with one attached hydrogen (secondary N) is 1. The molecular formula is C20H25BrN2O3S. The van der Waals surface area contributed by atoms with Crippen LogP contribution >= 0.6 is 15.9 Å². The first kappa shape index (κ1) is 21.4. The summed E-state index contributed by atoms with van der Waals surface area (Å²) in [5.74, 6) is -0.364. The quantitative estimate of drug-likeness (QED) is 0.681. The highest BCUT2D eigenvalue weighted by Crippen LogP contribution is 2.26. The van der Waals surface area contributed by atoms with E-state index in [9.17, 15) is 13.2 Å². The molecule has 0 spiro atoms. The van der Waals surface area contributed by atoms with Gasteiger partial charge in [-0.3, -0.25) is 9.10 Å². The van der Waals surface area contributed by atoms with Crippen molar-refractivity contribution < 1.29 is 13.2 Å². The van der Waals surface area contributed by atoms with Gasteiger partial charge in [0.25, 0.3) is 0 Å². The lowest BCUT2D eigenvalue weighted by atomic mass is 10.0. The number of hydrogen-bond donors (Lipinski definition) is 1. The standard InChI is InChI=1S/C20H25BrN2O3S/c1-5-15-8-7-9-16(6-2)20(15)22-19(24)13-23(27(4,25)26)17-10-11-18(21)14(3)12-17/h7-12H,5-6,13H2,1-4H3,(H,22,24). The van der Waals surface area contributed by atoms with Gasteiger partial charge in [0.1, 0.15) is 6.54 Å². The molecule has 7 heteroatoms. The maximum Gasteiger partial charge on any atom is 0.245 e. The largest absolute Gasteiger partial charge is 0.324 e. The molecule has 0 aliphatic heterocycles. The van der Waals surface area contributed by atoms with Crippen molar-refractivity contribution in [1.82, 2.24) is 0 Å². The number of carbonyl (C=O) groups excluding carboxylic acids is 1. The van der Waals surface area contributed by atoms with Crippen LogP contribution in [0, 0.1) is 6.92 Å². The summed E-state index contributed by atoms with van der Waals surface area (Å²) >= 11 is 3.41. The van der Waals surface area contributed by atoms with Crippen LogP contribution in [0.4, 0.5) is 11.4 Å². The third-order valence-corrected chi connectivity index (χ3v) is 6.41. The topological polar surface area (TPSA) is 66.5 Å². The molecule has 0 bridgehead atoms. The van der Waals surface area contributed by atoms with E-state index in [4.69, 9.17) is 0 Å². The van der Waals surface area contributed by atoms with Gasteiger partial charge in [-0.1, -0.05) is 48.0 Å². The normalized spacial score (nSPS) is 11.3. The summed E-state index contributed by atoms with van der Waals surface area (Å²) in [6, 6.07) is 11.1. The van der Waals surface area contributed by atoms with Crippen LogP contribution in [-0.4, -0.2) is 27.1 Å². The van der Waals surface area contributed by atoms with Crippen molar-refractivity contribution in [3.05, 3.63) is 57.6 Å². The van der Waals surface area contributed by atoms with Crippen LogP contribution in [0.15, 0.2) is 40.9 Å². The summed E-state index contributed by atoms with van der Waals surface area (Å²) in [6.07, 6.45) is 2.67. The van der Waals surface area contributed by atoms with E-state index < -0.39 is 10.0 Å². The molecular weight excluding hydrogens is 428 g/mol. The lowest BCUT2D eigenvalue weighted by Gasteiger charge is -2.23. The minimum Gasteiger partial charge on any atom is -0.324 e. The van der Waals surface area contributed by atoms with Crippen LogP contribution in [-0.2, 0) is 27.7 Å². The van der Waals surface area contributed by atoms with Gasteiger partial charge in [-0.2, -0.15) is 0 Å². The summed E-state index contributed by atoms with van der Waals surface area (Å²) in [4.78, 5) is 12.7. The average Bonchev–Trinajstić information content (AvgIpc) is 2.61. The molecule has 146 valence electrons. The Bertz CT molecular complexity index is 920. The maximum atomic E-state index is 12.7. The van der Waals surface area contributed by atoms with Crippen LogP contribution < -0.4 is 9.62 Å². The first-order chi connectivity index (χ1) is 12.7. The number of amides is 1. The van der Waals surface area contributed by atoms with E-state index in [1.165, 1.54) is 0 Å². The molecule has 1 N–H and O–H groups in total. The summed E-state index contributed by atoms with van der Waals surface area (Å²) < 4.78 is 26.6. The minimum absolute atomic E-state index is 0.277. The Hall–Kier alpha value is -1.86. The number of carbonyl (C=O) groups is 1. The molecule has 0 radical (unpaired) electrons. The fraction of sp³-hybridized carbons (Fsp3) is 0.350. The number of anilines is 2.